The zero-order chi connectivity index (χ0) is 29.2. The number of rotatable bonds is 10. The van der Waals surface area contributed by atoms with E-state index in [-0.39, 0.29) is 19.3 Å². The molecule has 2 aliphatic rings. The van der Waals surface area contributed by atoms with E-state index in [1.165, 1.54) is 0 Å². The third kappa shape index (κ3) is 9.55. The molecule has 2 aromatic rings. The molecule has 2 heterocycles. The maximum Gasteiger partial charge on any atom is 0.410 e. The van der Waals surface area contributed by atoms with Crippen molar-refractivity contribution in [2.45, 2.75) is 70.9 Å². The third-order valence-corrected chi connectivity index (χ3v) is 6.72. The summed E-state index contributed by atoms with van der Waals surface area (Å²) < 4.78 is 28.2. The van der Waals surface area contributed by atoms with Crippen LogP contribution in [0.4, 0.5) is 4.79 Å². The van der Waals surface area contributed by atoms with Gasteiger partial charge in [-0.1, -0.05) is 60.7 Å². The topological polar surface area (TPSA) is 104 Å². The Bertz CT molecular complexity index is 1070. The molecule has 10 heteroatoms. The van der Waals surface area contributed by atoms with E-state index in [0.717, 1.165) is 30.8 Å². The van der Waals surface area contributed by atoms with E-state index in [1.54, 1.807) is 4.90 Å². The first-order valence-electron chi connectivity index (χ1n) is 14.1. The van der Waals surface area contributed by atoms with Crippen molar-refractivity contribution < 1.29 is 38.1 Å². The number of benzene rings is 2. The van der Waals surface area contributed by atoms with Crippen LogP contribution in [0, 0.1) is 0 Å². The molecule has 0 unspecified atom stereocenters. The van der Waals surface area contributed by atoms with Gasteiger partial charge < -0.3 is 28.6 Å². The molecule has 2 aliphatic heterocycles. The van der Waals surface area contributed by atoms with Gasteiger partial charge in [0.1, 0.15) is 18.8 Å². The highest BCUT2D eigenvalue weighted by Crippen LogP contribution is 2.26. The fourth-order valence-electron chi connectivity index (χ4n) is 4.58. The van der Waals surface area contributed by atoms with Crippen molar-refractivity contribution in [3.63, 3.8) is 0 Å². The molecule has 0 N–H and O–H groups in total. The monoisotopic (exact) mass is 568 g/mol. The summed E-state index contributed by atoms with van der Waals surface area (Å²) in [5.74, 6) is -1.34. The van der Waals surface area contributed by atoms with Crippen LogP contribution in [0.15, 0.2) is 60.7 Å². The number of hydrogen-bond donors (Lipinski definition) is 0. The van der Waals surface area contributed by atoms with E-state index in [1.807, 2.05) is 81.4 Å². The molecule has 2 aromatic carbocycles. The highest BCUT2D eigenvalue weighted by molar-refractivity contribution is 5.86. The molecule has 4 rings (SSSR count). The standard InChI is InChI=1S/C31H40N2O8/c1-31(2,3)41-30(36)33-19-17-32(18-20-33)16-10-15-25-39-26(28(34)37-21-23-11-6-4-7-12-23)27(40-25)29(35)38-22-24-13-8-5-9-14-24/h4-9,11-14,25-27H,10,15-22H2,1-3H3/t26-,27-/m1/s1. The fraction of sp³-hybridized carbons (Fsp3) is 0.516. The zero-order valence-electron chi connectivity index (χ0n) is 24.0. The molecule has 222 valence electrons. The van der Waals surface area contributed by atoms with Crippen LogP contribution in [0.3, 0.4) is 0 Å². The van der Waals surface area contributed by atoms with E-state index in [9.17, 15) is 14.4 Å². The number of piperazine rings is 1. The number of amides is 1. The summed E-state index contributed by atoms with van der Waals surface area (Å²) in [4.78, 5) is 42.2. The lowest BCUT2D eigenvalue weighted by Crippen LogP contribution is -2.50. The van der Waals surface area contributed by atoms with E-state index >= 15 is 0 Å². The van der Waals surface area contributed by atoms with E-state index in [2.05, 4.69) is 4.90 Å². The summed E-state index contributed by atoms with van der Waals surface area (Å²) in [6.07, 6.45) is -2.28. The van der Waals surface area contributed by atoms with Crippen molar-refractivity contribution >= 4 is 18.0 Å². The summed E-state index contributed by atoms with van der Waals surface area (Å²) >= 11 is 0. The largest absolute Gasteiger partial charge is 0.459 e. The van der Waals surface area contributed by atoms with Gasteiger partial charge in [0, 0.05) is 26.2 Å². The predicted octanol–water partition coefficient (Wildman–Crippen LogP) is 3.92. The van der Waals surface area contributed by atoms with Gasteiger partial charge in [-0.2, -0.15) is 0 Å². The first kappa shape index (κ1) is 30.5. The van der Waals surface area contributed by atoms with Crippen molar-refractivity contribution in [3.05, 3.63) is 71.8 Å². The maximum absolute atomic E-state index is 13.0. The van der Waals surface area contributed by atoms with Gasteiger partial charge in [0.15, 0.2) is 18.5 Å². The molecule has 0 aliphatic carbocycles. The summed E-state index contributed by atoms with van der Waals surface area (Å²) in [5, 5.41) is 0. The van der Waals surface area contributed by atoms with Crippen LogP contribution in [0.5, 0.6) is 0 Å². The number of ether oxygens (including phenoxy) is 5. The minimum Gasteiger partial charge on any atom is -0.459 e. The molecule has 0 radical (unpaired) electrons. The molecule has 0 spiro atoms. The Hall–Kier alpha value is -3.47. The lowest BCUT2D eigenvalue weighted by Gasteiger charge is -2.35. The SMILES string of the molecule is CC(C)(C)OC(=O)N1CCN(CCCC2O[C@@H](C(=O)OCc3ccccc3)[C@H](C(=O)OCc3ccccc3)O2)CC1. The van der Waals surface area contributed by atoms with Crippen molar-refractivity contribution in [2.75, 3.05) is 32.7 Å². The van der Waals surface area contributed by atoms with Crippen molar-refractivity contribution in [1.82, 2.24) is 9.80 Å². The highest BCUT2D eigenvalue weighted by atomic mass is 16.8. The van der Waals surface area contributed by atoms with Gasteiger partial charge in [-0.15, -0.1) is 0 Å². The van der Waals surface area contributed by atoms with Crippen LogP contribution in [-0.4, -0.2) is 84.7 Å². The molecule has 41 heavy (non-hydrogen) atoms. The van der Waals surface area contributed by atoms with Crippen LogP contribution >= 0.6 is 0 Å². The molecule has 1 amide bonds. The van der Waals surface area contributed by atoms with Crippen molar-refractivity contribution in [1.29, 1.82) is 0 Å². The number of carbonyl (C=O) groups is 3. The summed E-state index contributed by atoms with van der Waals surface area (Å²) in [7, 11) is 0. The molecule has 2 atom stereocenters. The molecular weight excluding hydrogens is 528 g/mol. The van der Waals surface area contributed by atoms with E-state index < -0.39 is 36.0 Å². The second-order valence-corrected chi connectivity index (χ2v) is 11.2. The maximum atomic E-state index is 13.0. The van der Waals surface area contributed by atoms with Crippen LogP contribution in [-0.2, 0) is 46.5 Å². The summed E-state index contributed by atoms with van der Waals surface area (Å²) in [5.41, 5.74) is 1.13. The van der Waals surface area contributed by atoms with Gasteiger partial charge in [0.25, 0.3) is 0 Å². The molecule has 2 fully saturated rings. The van der Waals surface area contributed by atoms with Gasteiger partial charge in [0.05, 0.1) is 0 Å². The average Bonchev–Trinajstić information content (AvgIpc) is 3.39. The second-order valence-electron chi connectivity index (χ2n) is 11.2. The molecule has 0 bridgehead atoms. The predicted molar refractivity (Wildman–Crippen MR) is 149 cm³/mol. The Morgan fingerprint density at radius 3 is 1.73 bits per heavy atom. The quantitative estimate of drug-likeness (QED) is 0.312. The Morgan fingerprint density at radius 1 is 0.780 bits per heavy atom. The smallest absolute Gasteiger partial charge is 0.410 e. The minimum atomic E-state index is -1.22. The lowest BCUT2D eigenvalue weighted by molar-refractivity contribution is -0.165. The average molecular weight is 569 g/mol. The zero-order valence-corrected chi connectivity index (χ0v) is 24.0. The molecule has 2 saturated heterocycles. The minimum absolute atomic E-state index is 0.0608. The molecular formula is C31H40N2O8. The second kappa shape index (κ2) is 14.4. The van der Waals surface area contributed by atoms with E-state index in [4.69, 9.17) is 23.7 Å². The van der Waals surface area contributed by atoms with Gasteiger partial charge >= 0.3 is 18.0 Å². The lowest BCUT2D eigenvalue weighted by atomic mass is 10.2. The number of hydrogen-bond acceptors (Lipinski definition) is 9. The Labute approximate surface area is 241 Å². The summed E-state index contributed by atoms with van der Waals surface area (Å²) in [6.45, 7) is 9.10. The Morgan fingerprint density at radius 2 is 1.27 bits per heavy atom. The van der Waals surface area contributed by atoms with Crippen molar-refractivity contribution in [2.24, 2.45) is 0 Å². The van der Waals surface area contributed by atoms with Gasteiger partial charge in [-0.3, -0.25) is 4.90 Å². The molecule has 0 aromatic heterocycles. The van der Waals surface area contributed by atoms with Gasteiger partial charge in [0.2, 0.25) is 0 Å². The summed E-state index contributed by atoms with van der Waals surface area (Å²) in [6, 6.07) is 18.6. The van der Waals surface area contributed by atoms with Gasteiger partial charge in [-0.25, -0.2) is 14.4 Å². The molecule has 10 nitrogen and oxygen atoms in total. The van der Waals surface area contributed by atoms with Crippen LogP contribution in [0.2, 0.25) is 0 Å². The first-order chi connectivity index (χ1) is 19.7. The Balaban J connectivity index is 1.27. The third-order valence-electron chi connectivity index (χ3n) is 6.72. The number of esters is 2. The van der Waals surface area contributed by atoms with Crippen LogP contribution < -0.4 is 0 Å². The molecule has 0 saturated carbocycles. The van der Waals surface area contributed by atoms with Crippen LogP contribution in [0.1, 0.15) is 44.7 Å². The first-order valence-corrected chi connectivity index (χ1v) is 14.1. The fourth-order valence-corrected chi connectivity index (χ4v) is 4.58. The normalized spacial score (nSPS) is 20.0. The Kier molecular flexibility index (Phi) is 10.7. The van der Waals surface area contributed by atoms with Crippen molar-refractivity contribution in [3.8, 4) is 0 Å². The highest BCUT2D eigenvalue weighted by Gasteiger charge is 2.47. The number of nitrogens with zero attached hydrogens (tertiary/aromatic N) is 2. The van der Waals surface area contributed by atoms with Gasteiger partial charge in [-0.05, 0) is 51.3 Å². The van der Waals surface area contributed by atoms with E-state index in [0.29, 0.717) is 25.9 Å². The number of carbonyl (C=O) groups excluding carboxylic acids is 3. The van der Waals surface area contributed by atoms with Crippen LogP contribution in [0.25, 0.3) is 0 Å².